The Bertz CT molecular complexity index is 998. The van der Waals surface area contributed by atoms with Gasteiger partial charge in [0.15, 0.2) is 6.61 Å². The molecular weight excluding hydrogens is 424 g/mol. The van der Waals surface area contributed by atoms with Crippen LogP contribution in [0, 0.1) is 20.2 Å². The molecule has 13 heteroatoms. The predicted molar refractivity (Wildman–Crippen MR) is 106 cm³/mol. The molecule has 12 nitrogen and oxygen atoms in total. The highest BCUT2D eigenvalue weighted by molar-refractivity contribution is 6.32. The fraction of sp³-hybridized carbons (Fsp3) is 0.176. The van der Waals surface area contributed by atoms with Gasteiger partial charge < -0.3 is 20.5 Å². The Labute approximate surface area is 173 Å². The highest BCUT2D eigenvalue weighted by Crippen LogP contribution is 2.27. The summed E-state index contributed by atoms with van der Waals surface area (Å²) in [5.41, 5.74) is -0.745. The zero-order valence-corrected chi connectivity index (χ0v) is 15.9. The predicted octanol–water partition coefficient (Wildman–Crippen LogP) is 2.36. The number of aliphatic hydroxyl groups excluding tert-OH is 1. The van der Waals surface area contributed by atoms with Crippen molar-refractivity contribution in [3.63, 3.8) is 0 Å². The van der Waals surface area contributed by atoms with Gasteiger partial charge in [0.1, 0.15) is 5.02 Å². The van der Waals surface area contributed by atoms with Crippen LogP contribution in [0.5, 0.6) is 0 Å². The Kier molecular flexibility index (Phi) is 7.61. The number of aliphatic hydroxyl groups is 1. The number of rotatable bonds is 9. The van der Waals surface area contributed by atoms with Crippen LogP contribution in [0.3, 0.4) is 0 Å². The molecule has 2 aromatic carbocycles. The molecule has 0 saturated carbocycles. The van der Waals surface area contributed by atoms with E-state index in [2.05, 4.69) is 10.6 Å². The summed E-state index contributed by atoms with van der Waals surface area (Å²) in [6, 6.07) is 7.01. The van der Waals surface area contributed by atoms with Gasteiger partial charge in [0.05, 0.1) is 22.0 Å². The third-order valence-corrected chi connectivity index (χ3v) is 3.94. The number of hydrogen-bond donors (Lipinski definition) is 3. The van der Waals surface area contributed by atoms with E-state index in [-0.39, 0.29) is 40.8 Å². The lowest BCUT2D eigenvalue weighted by Gasteiger charge is -2.11. The Balaban J connectivity index is 2.08. The third-order valence-electron chi connectivity index (χ3n) is 3.62. The average molecular weight is 439 g/mol. The van der Waals surface area contributed by atoms with Crippen molar-refractivity contribution >= 4 is 46.2 Å². The molecule has 0 bridgehead atoms. The molecule has 2 aromatic rings. The molecule has 0 heterocycles. The molecule has 0 unspecified atom stereocenters. The van der Waals surface area contributed by atoms with Crippen LogP contribution in [0.15, 0.2) is 36.4 Å². The van der Waals surface area contributed by atoms with Gasteiger partial charge in [0.25, 0.3) is 17.3 Å². The highest BCUT2D eigenvalue weighted by atomic mass is 35.5. The molecule has 0 saturated heterocycles. The molecule has 3 N–H and O–H groups in total. The zero-order chi connectivity index (χ0) is 22.3. The average Bonchev–Trinajstić information content (AvgIpc) is 2.71. The standard InChI is InChI=1S/C17H15ClN4O8/c18-13-3-1-10(7-15(13)22(28)29)20-16(24)9-30-17(25)12-8-11(21(26)27)2-4-14(12)19-5-6-23/h1-4,7-8,19,23H,5-6,9H2,(H,20,24). The minimum Gasteiger partial charge on any atom is -0.452 e. The smallest absolute Gasteiger partial charge is 0.341 e. The van der Waals surface area contributed by atoms with Crippen molar-refractivity contribution in [2.75, 3.05) is 30.4 Å². The van der Waals surface area contributed by atoms with Crippen molar-refractivity contribution in [3.05, 3.63) is 67.2 Å². The normalized spacial score (nSPS) is 10.2. The highest BCUT2D eigenvalue weighted by Gasteiger charge is 2.20. The van der Waals surface area contributed by atoms with Crippen molar-refractivity contribution in [1.82, 2.24) is 0 Å². The summed E-state index contributed by atoms with van der Waals surface area (Å²) < 4.78 is 4.88. The molecule has 0 aromatic heterocycles. The third kappa shape index (κ3) is 5.86. The summed E-state index contributed by atoms with van der Waals surface area (Å²) in [6.07, 6.45) is 0. The van der Waals surface area contributed by atoms with Gasteiger partial charge in [-0.05, 0) is 18.2 Å². The zero-order valence-electron chi connectivity index (χ0n) is 15.2. The molecule has 30 heavy (non-hydrogen) atoms. The van der Waals surface area contributed by atoms with Gasteiger partial charge in [-0.2, -0.15) is 0 Å². The molecule has 0 spiro atoms. The Hall–Kier alpha value is -3.77. The number of nitrogens with zero attached hydrogens (tertiary/aromatic N) is 2. The number of carbonyl (C=O) groups is 2. The van der Waals surface area contributed by atoms with E-state index < -0.39 is 34.0 Å². The first-order valence-electron chi connectivity index (χ1n) is 8.27. The largest absolute Gasteiger partial charge is 0.452 e. The molecule has 158 valence electrons. The van der Waals surface area contributed by atoms with Crippen molar-refractivity contribution in [1.29, 1.82) is 0 Å². The maximum atomic E-state index is 12.3. The van der Waals surface area contributed by atoms with E-state index in [1.54, 1.807) is 0 Å². The van der Waals surface area contributed by atoms with E-state index in [0.717, 1.165) is 18.2 Å². The fourth-order valence-corrected chi connectivity index (χ4v) is 2.48. The summed E-state index contributed by atoms with van der Waals surface area (Å²) in [6.45, 7) is -0.924. The van der Waals surface area contributed by atoms with Gasteiger partial charge in [-0.3, -0.25) is 25.0 Å². The number of non-ortho nitro benzene ring substituents is 1. The molecule has 1 amide bonds. The van der Waals surface area contributed by atoms with Crippen molar-refractivity contribution in [2.45, 2.75) is 0 Å². The summed E-state index contributed by atoms with van der Waals surface area (Å²) in [5.74, 6) is -1.81. The second-order valence-electron chi connectivity index (χ2n) is 5.68. The number of nitro benzene ring substituents is 2. The number of halogens is 1. The number of benzene rings is 2. The minimum absolute atomic E-state index is 0.0628. The van der Waals surface area contributed by atoms with Crippen molar-refractivity contribution in [2.24, 2.45) is 0 Å². The molecular formula is C17H15ClN4O8. The number of ether oxygens (including phenoxy) is 1. The van der Waals surface area contributed by atoms with Crippen LogP contribution < -0.4 is 10.6 Å². The van der Waals surface area contributed by atoms with Crippen LogP contribution in [0.25, 0.3) is 0 Å². The Morgan fingerprint density at radius 2 is 1.83 bits per heavy atom. The van der Waals surface area contributed by atoms with Crippen LogP contribution in [0.1, 0.15) is 10.4 Å². The summed E-state index contributed by atoms with van der Waals surface area (Å²) >= 11 is 5.69. The first kappa shape index (κ1) is 22.5. The van der Waals surface area contributed by atoms with Gasteiger partial charge in [-0.25, -0.2) is 4.79 Å². The number of nitrogens with one attached hydrogen (secondary N) is 2. The topological polar surface area (TPSA) is 174 Å². The lowest BCUT2D eigenvalue weighted by atomic mass is 10.1. The number of esters is 1. The van der Waals surface area contributed by atoms with Crippen molar-refractivity contribution in [3.8, 4) is 0 Å². The maximum absolute atomic E-state index is 12.3. The van der Waals surface area contributed by atoms with Crippen LogP contribution in [0.4, 0.5) is 22.7 Å². The molecule has 0 aliphatic heterocycles. The number of hydrogen-bond acceptors (Lipinski definition) is 9. The number of anilines is 2. The first-order chi connectivity index (χ1) is 14.2. The van der Waals surface area contributed by atoms with E-state index >= 15 is 0 Å². The molecule has 0 aliphatic carbocycles. The van der Waals surface area contributed by atoms with E-state index in [9.17, 15) is 29.8 Å². The van der Waals surface area contributed by atoms with Crippen molar-refractivity contribution < 1.29 is 29.3 Å². The maximum Gasteiger partial charge on any atom is 0.341 e. The SMILES string of the molecule is O=C(COC(=O)c1cc([N+](=O)[O-])ccc1NCCO)Nc1ccc(Cl)c([N+](=O)[O-])c1. The second kappa shape index (κ2) is 10.1. The minimum atomic E-state index is -1.02. The van der Waals surface area contributed by atoms with Gasteiger partial charge in [-0.1, -0.05) is 11.6 Å². The fourth-order valence-electron chi connectivity index (χ4n) is 2.30. The van der Waals surface area contributed by atoms with E-state index in [1.165, 1.54) is 18.2 Å². The Morgan fingerprint density at radius 1 is 1.10 bits per heavy atom. The number of carbonyl (C=O) groups excluding carboxylic acids is 2. The van der Waals surface area contributed by atoms with Crippen LogP contribution in [-0.4, -0.2) is 46.6 Å². The molecule has 0 fully saturated rings. The summed E-state index contributed by atoms with van der Waals surface area (Å²) in [4.78, 5) is 44.7. The monoisotopic (exact) mass is 438 g/mol. The number of nitro groups is 2. The van der Waals surface area contributed by atoms with Gasteiger partial charge in [0, 0.05) is 36.1 Å². The quantitative estimate of drug-likeness (QED) is 0.301. The molecule has 2 rings (SSSR count). The Morgan fingerprint density at radius 3 is 2.47 bits per heavy atom. The lowest BCUT2D eigenvalue weighted by molar-refractivity contribution is -0.385. The van der Waals surface area contributed by atoms with E-state index in [1.807, 2.05) is 0 Å². The van der Waals surface area contributed by atoms with E-state index in [4.69, 9.17) is 21.4 Å². The summed E-state index contributed by atoms with van der Waals surface area (Å²) in [5, 5.41) is 35.6. The van der Waals surface area contributed by atoms with Gasteiger partial charge >= 0.3 is 5.97 Å². The van der Waals surface area contributed by atoms with Gasteiger partial charge in [0.2, 0.25) is 0 Å². The second-order valence-corrected chi connectivity index (χ2v) is 6.09. The van der Waals surface area contributed by atoms with Crippen LogP contribution in [-0.2, 0) is 9.53 Å². The first-order valence-corrected chi connectivity index (χ1v) is 8.64. The molecule has 0 aliphatic rings. The number of amides is 1. The molecule has 0 radical (unpaired) electrons. The van der Waals surface area contributed by atoms with Gasteiger partial charge in [-0.15, -0.1) is 0 Å². The van der Waals surface area contributed by atoms with Crippen LogP contribution >= 0.6 is 11.6 Å². The summed E-state index contributed by atoms with van der Waals surface area (Å²) in [7, 11) is 0. The van der Waals surface area contributed by atoms with E-state index in [0.29, 0.717) is 0 Å². The lowest BCUT2D eigenvalue weighted by Crippen LogP contribution is -2.21. The molecule has 0 atom stereocenters. The van der Waals surface area contributed by atoms with Crippen LogP contribution in [0.2, 0.25) is 5.02 Å².